The Balaban J connectivity index is 1.72. The van der Waals surface area contributed by atoms with Crippen molar-refractivity contribution in [3.05, 3.63) is 123 Å². The van der Waals surface area contributed by atoms with E-state index >= 15 is 0 Å². The van der Waals surface area contributed by atoms with E-state index in [9.17, 15) is 22.8 Å². The number of nitrogens with one attached hydrogen (secondary N) is 1. The van der Waals surface area contributed by atoms with E-state index in [1.54, 1.807) is 31.2 Å². The number of benzene rings is 3. The number of sulfonamides is 1. The van der Waals surface area contributed by atoms with Crippen LogP contribution in [0, 0.1) is 19.7 Å². The van der Waals surface area contributed by atoms with Crippen LogP contribution < -0.4 is 10.7 Å². The number of aromatic amines is 1. The van der Waals surface area contributed by atoms with Crippen molar-refractivity contribution in [3.63, 3.8) is 0 Å². The number of rotatable bonds is 7. The van der Waals surface area contributed by atoms with Gasteiger partial charge in [0, 0.05) is 29.7 Å². The summed E-state index contributed by atoms with van der Waals surface area (Å²) in [7, 11) is -3.78. The van der Waals surface area contributed by atoms with E-state index in [2.05, 4.69) is 10.1 Å². The molecular weight excluding hydrogens is 493 g/mol. The molecular formula is C28H26FN3O4S. The second-order valence-electron chi connectivity index (χ2n) is 8.90. The molecule has 0 saturated carbocycles. The fourth-order valence-electron chi connectivity index (χ4n) is 4.36. The summed E-state index contributed by atoms with van der Waals surface area (Å²) in [4.78, 5) is 14.5. The van der Waals surface area contributed by atoms with Gasteiger partial charge < -0.3 is 10.2 Å². The molecule has 0 saturated heterocycles. The van der Waals surface area contributed by atoms with Gasteiger partial charge in [-0.3, -0.25) is 4.79 Å². The molecule has 4 rings (SSSR count). The second kappa shape index (κ2) is 10.5. The highest BCUT2D eigenvalue weighted by Crippen LogP contribution is 2.33. The van der Waals surface area contributed by atoms with E-state index in [1.165, 1.54) is 30.5 Å². The van der Waals surface area contributed by atoms with Gasteiger partial charge in [-0.25, -0.2) is 17.9 Å². The number of aryl methyl sites for hydroxylation is 2. The van der Waals surface area contributed by atoms with Gasteiger partial charge in [0.25, 0.3) is 5.56 Å². The summed E-state index contributed by atoms with van der Waals surface area (Å²) in [6.07, 6.45) is 1.80. The van der Waals surface area contributed by atoms with E-state index in [-0.39, 0.29) is 28.6 Å². The highest BCUT2D eigenvalue weighted by Gasteiger charge is 2.21. The highest BCUT2D eigenvalue weighted by atomic mass is 32.2. The molecule has 0 bridgehead atoms. The minimum Gasteiger partial charge on any atom is -0.411 e. The molecule has 1 aromatic heterocycles. The highest BCUT2D eigenvalue weighted by molar-refractivity contribution is 7.89. The van der Waals surface area contributed by atoms with Crippen LogP contribution in [0.4, 0.5) is 4.39 Å². The number of primary sulfonamides is 1. The van der Waals surface area contributed by atoms with Crippen molar-refractivity contribution in [3.8, 4) is 11.1 Å². The zero-order valence-electron chi connectivity index (χ0n) is 20.3. The zero-order valence-corrected chi connectivity index (χ0v) is 21.1. The zero-order chi connectivity index (χ0) is 26.7. The molecule has 1 atom stereocenters. The fourth-order valence-corrected chi connectivity index (χ4v) is 4.87. The molecule has 7 nitrogen and oxygen atoms in total. The van der Waals surface area contributed by atoms with Crippen LogP contribution in [0.15, 0.2) is 93.8 Å². The molecule has 0 aliphatic rings. The molecule has 3 aromatic carbocycles. The maximum atomic E-state index is 13.9. The number of halogens is 1. The summed E-state index contributed by atoms with van der Waals surface area (Å²) >= 11 is 0. The molecule has 0 amide bonds. The minimum atomic E-state index is -3.78. The first-order valence-electron chi connectivity index (χ1n) is 11.5. The summed E-state index contributed by atoms with van der Waals surface area (Å²) < 4.78 is 37.0. The van der Waals surface area contributed by atoms with Gasteiger partial charge in [-0.05, 0) is 72.0 Å². The number of H-pyrrole nitrogens is 1. The van der Waals surface area contributed by atoms with Crippen LogP contribution in [0.1, 0.15) is 40.2 Å². The largest absolute Gasteiger partial charge is 0.411 e. The molecule has 0 fully saturated rings. The molecule has 0 spiro atoms. The summed E-state index contributed by atoms with van der Waals surface area (Å²) in [6.45, 7) is 3.50. The number of oxime groups is 1. The minimum absolute atomic E-state index is 0.0352. The number of nitrogens with zero attached hydrogens (tertiary/aromatic N) is 1. The molecule has 9 heteroatoms. The number of pyridine rings is 1. The lowest BCUT2D eigenvalue weighted by Gasteiger charge is -2.21. The van der Waals surface area contributed by atoms with Crippen molar-refractivity contribution in [1.82, 2.24) is 4.98 Å². The van der Waals surface area contributed by atoms with Gasteiger partial charge in [0.1, 0.15) is 5.82 Å². The van der Waals surface area contributed by atoms with Crippen LogP contribution in [-0.2, 0) is 10.0 Å². The topological polar surface area (TPSA) is 126 Å². The Hall–Kier alpha value is -4.08. The van der Waals surface area contributed by atoms with Gasteiger partial charge in [0.05, 0.1) is 10.6 Å². The Kier molecular flexibility index (Phi) is 7.37. The Morgan fingerprint density at radius 3 is 2.14 bits per heavy atom. The standard InChI is InChI=1S/C28H26FN3O4S/c1-17-14-23(29)9-12-25(17)26(15-27(32-34)22-13-18(2)28(33)31-16-22)21-5-3-19(4-6-21)20-7-10-24(11-8-20)37(30,35)36/h3-14,16,26,34H,15H2,1-2H3,(H,31,33)(H2,30,35,36)/b32-27+/t26-/m0/s1. The quantitative estimate of drug-likeness (QED) is 0.183. The molecule has 0 aliphatic heterocycles. The van der Waals surface area contributed by atoms with Gasteiger partial charge in [-0.1, -0.05) is 47.6 Å². The molecule has 190 valence electrons. The van der Waals surface area contributed by atoms with Gasteiger partial charge >= 0.3 is 0 Å². The van der Waals surface area contributed by atoms with Gasteiger partial charge in [-0.2, -0.15) is 0 Å². The first-order valence-corrected chi connectivity index (χ1v) is 13.0. The Morgan fingerprint density at radius 1 is 0.973 bits per heavy atom. The molecule has 0 radical (unpaired) electrons. The van der Waals surface area contributed by atoms with Crippen molar-refractivity contribution in [2.75, 3.05) is 0 Å². The number of hydrogen-bond donors (Lipinski definition) is 3. The fraction of sp³-hybridized carbons (Fsp3) is 0.143. The van der Waals surface area contributed by atoms with Crippen molar-refractivity contribution in [2.24, 2.45) is 10.3 Å². The molecule has 4 aromatic rings. The monoisotopic (exact) mass is 519 g/mol. The Morgan fingerprint density at radius 2 is 1.59 bits per heavy atom. The normalized spacial score (nSPS) is 12.9. The Bertz CT molecular complexity index is 1630. The van der Waals surface area contributed by atoms with Crippen LogP contribution in [0.2, 0.25) is 0 Å². The number of hydrogen-bond acceptors (Lipinski definition) is 5. The third-order valence-corrected chi connectivity index (χ3v) is 7.31. The summed E-state index contributed by atoms with van der Waals surface area (Å²) in [5.74, 6) is -0.622. The van der Waals surface area contributed by atoms with Crippen molar-refractivity contribution < 1.29 is 18.0 Å². The average molecular weight is 520 g/mol. The van der Waals surface area contributed by atoms with Crippen LogP contribution in [0.3, 0.4) is 0 Å². The maximum absolute atomic E-state index is 13.9. The lowest BCUT2D eigenvalue weighted by molar-refractivity contribution is 0.317. The van der Waals surface area contributed by atoms with Crippen molar-refractivity contribution in [2.45, 2.75) is 31.1 Å². The molecule has 1 heterocycles. The van der Waals surface area contributed by atoms with Crippen LogP contribution in [0.25, 0.3) is 11.1 Å². The summed E-state index contributed by atoms with van der Waals surface area (Å²) in [5.41, 5.74) is 5.43. The van der Waals surface area contributed by atoms with Crippen molar-refractivity contribution in [1.29, 1.82) is 0 Å². The van der Waals surface area contributed by atoms with Gasteiger partial charge in [-0.15, -0.1) is 0 Å². The van der Waals surface area contributed by atoms with E-state index in [0.29, 0.717) is 16.8 Å². The number of nitrogens with two attached hydrogens (primary N) is 1. The van der Waals surface area contributed by atoms with E-state index in [0.717, 1.165) is 27.8 Å². The van der Waals surface area contributed by atoms with Crippen LogP contribution in [-0.4, -0.2) is 24.3 Å². The van der Waals surface area contributed by atoms with Gasteiger partial charge in [0.2, 0.25) is 10.0 Å². The maximum Gasteiger partial charge on any atom is 0.250 e. The molecule has 4 N–H and O–H groups in total. The SMILES string of the molecule is Cc1cc(F)ccc1[C@@H](C/C(=N\O)c1c[nH]c(=O)c(C)c1)c1ccc(-c2ccc(S(N)(=O)=O)cc2)cc1. The molecule has 0 aliphatic carbocycles. The first-order chi connectivity index (χ1) is 17.6. The third-order valence-electron chi connectivity index (χ3n) is 6.38. The van der Waals surface area contributed by atoms with E-state index in [1.807, 2.05) is 31.2 Å². The number of aromatic nitrogens is 1. The average Bonchev–Trinajstić information content (AvgIpc) is 2.87. The summed E-state index contributed by atoms with van der Waals surface area (Å²) in [6, 6.07) is 20.2. The third kappa shape index (κ3) is 5.84. The smallest absolute Gasteiger partial charge is 0.250 e. The van der Waals surface area contributed by atoms with E-state index in [4.69, 9.17) is 5.14 Å². The van der Waals surface area contributed by atoms with Crippen LogP contribution >= 0.6 is 0 Å². The molecule has 0 unspecified atom stereocenters. The van der Waals surface area contributed by atoms with E-state index < -0.39 is 10.0 Å². The summed E-state index contributed by atoms with van der Waals surface area (Å²) in [5, 5.41) is 18.6. The van der Waals surface area contributed by atoms with Crippen molar-refractivity contribution >= 4 is 15.7 Å². The van der Waals surface area contributed by atoms with Crippen LogP contribution in [0.5, 0.6) is 0 Å². The predicted octanol–water partition coefficient (Wildman–Crippen LogP) is 4.85. The first kappa shape index (κ1) is 26.0. The lowest BCUT2D eigenvalue weighted by Crippen LogP contribution is -2.15. The molecule has 37 heavy (non-hydrogen) atoms. The predicted molar refractivity (Wildman–Crippen MR) is 141 cm³/mol. The Labute approximate surface area is 214 Å². The lowest BCUT2D eigenvalue weighted by atomic mass is 9.83. The second-order valence-corrected chi connectivity index (χ2v) is 10.5. The van der Waals surface area contributed by atoms with Gasteiger partial charge in [0.15, 0.2) is 0 Å².